The van der Waals surface area contributed by atoms with Crippen LogP contribution < -0.4 is 8.96 Å². The van der Waals surface area contributed by atoms with Gasteiger partial charge in [-0.25, -0.2) is 0 Å². The van der Waals surface area contributed by atoms with Gasteiger partial charge in [0.05, 0.1) is 0 Å². The molecular weight excluding hydrogens is 517 g/mol. The number of likely N-dealkylation sites (tertiary alicyclic amines) is 2. The number of aromatic carboxylic acids is 1. The van der Waals surface area contributed by atoms with Gasteiger partial charge >= 0.3 is 218 Å². The molecule has 36 heavy (non-hydrogen) atoms. The number of carboxylic acid groups (broad SMARTS) is 1. The van der Waals surface area contributed by atoms with E-state index < -0.39 is 21.7 Å². The topological polar surface area (TPSA) is 91.6 Å². The minimum absolute atomic E-state index is 0.138. The summed E-state index contributed by atoms with van der Waals surface area (Å²) in [5.74, 6) is -0.821. The van der Waals surface area contributed by atoms with Crippen LogP contribution in [0.2, 0.25) is 0 Å². The summed E-state index contributed by atoms with van der Waals surface area (Å²) in [6.45, 7) is 6.20. The predicted octanol–water partition coefficient (Wildman–Crippen LogP) is 1.84. The first kappa shape index (κ1) is 24.7. The molecule has 1 N–H and O–H groups in total. The maximum atomic E-state index is 13.4. The molecule has 1 unspecified atom stereocenters. The van der Waals surface area contributed by atoms with E-state index in [0.29, 0.717) is 11.7 Å². The van der Waals surface area contributed by atoms with E-state index in [4.69, 9.17) is 4.98 Å². The summed E-state index contributed by atoms with van der Waals surface area (Å²) >= 11 is -0.483. The molecular formula is C27H31AsN5O3. The number of benzene rings is 1. The van der Waals surface area contributed by atoms with E-state index in [1.54, 1.807) is 29.1 Å². The van der Waals surface area contributed by atoms with Gasteiger partial charge < -0.3 is 0 Å². The molecule has 1 atom stereocenters. The molecule has 1 amide bonds. The molecule has 1 aromatic carbocycles. The fraction of sp³-hybridized carbons (Fsp3) is 0.407. The zero-order chi connectivity index (χ0) is 25.2. The van der Waals surface area contributed by atoms with Crippen molar-refractivity contribution in [3.05, 3.63) is 59.4 Å². The monoisotopic (exact) mass is 548 g/mol. The van der Waals surface area contributed by atoms with Crippen molar-refractivity contribution in [2.45, 2.75) is 38.6 Å². The first-order valence-electron chi connectivity index (χ1n) is 12.5. The Morgan fingerprint density at radius 3 is 2.61 bits per heavy atom. The van der Waals surface area contributed by atoms with Crippen LogP contribution in [0.3, 0.4) is 0 Å². The van der Waals surface area contributed by atoms with Crippen LogP contribution in [-0.4, -0.2) is 89.3 Å². The van der Waals surface area contributed by atoms with E-state index in [9.17, 15) is 14.7 Å². The van der Waals surface area contributed by atoms with Gasteiger partial charge in [-0.15, -0.1) is 0 Å². The van der Waals surface area contributed by atoms with Gasteiger partial charge in [0, 0.05) is 0 Å². The van der Waals surface area contributed by atoms with Crippen LogP contribution in [0.5, 0.6) is 0 Å². The van der Waals surface area contributed by atoms with Gasteiger partial charge in [-0.2, -0.15) is 0 Å². The Labute approximate surface area is 218 Å². The second kappa shape index (κ2) is 10.6. The molecule has 8 nitrogen and oxygen atoms in total. The molecule has 1 radical (unpaired) electrons. The molecule has 5 rings (SSSR count). The Balaban J connectivity index is 1.30. The summed E-state index contributed by atoms with van der Waals surface area (Å²) in [5, 5.41) is 9.29. The van der Waals surface area contributed by atoms with Crippen molar-refractivity contribution < 1.29 is 14.7 Å². The molecule has 187 valence electrons. The van der Waals surface area contributed by atoms with Gasteiger partial charge in [0.25, 0.3) is 0 Å². The molecule has 4 heterocycles. The zero-order valence-corrected chi connectivity index (χ0v) is 22.6. The van der Waals surface area contributed by atoms with Crippen LogP contribution in [0.15, 0.2) is 42.7 Å². The van der Waals surface area contributed by atoms with E-state index in [-0.39, 0.29) is 11.5 Å². The maximum absolute atomic E-state index is 13.4. The van der Waals surface area contributed by atoms with E-state index in [0.717, 1.165) is 64.8 Å². The molecule has 0 spiro atoms. The Morgan fingerprint density at radius 2 is 1.89 bits per heavy atom. The minimum atomic E-state index is -0.959. The number of hydrogen-bond donors (Lipinski definition) is 1. The normalized spacial score (nSPS) is 18.5. The van der Waals surface area contributed by atoms with Gasteiger partial charge in [0.1, 0.15) is 0 Å². The Kier molecular flexibility index (Phi) is 7.26. The summed E-state index contributed by atoms with van der Waals surface area (Å²) in [4.78, 5) is 38.5. The average Bonchev–Trinajstić information content (AvgIpc) is 3.62. The number of carbonyl (C=O) groups is 2. The molecule has 0 aliphatic carbocycles. The van der Waals surface area contributed by atoms with E-state index >= 15 is 0 Å². The fourth-order valence-electron chi connectivity index (χ4n) is 5.22. The first-order valence-corrected chi connectivity index (χ1v) is 14.4. The third-order valence-electron chi connectivity index (χ3n) is 7.13. The van der Waals surface area contributed by atoms with Crippen molar-refractivity contribution in [2.75, 3.05) is 26.2 Å². The van der Waals surface area contributed by atoms with E-state index in [1.807, 2.05) is 26.1 Å². The first-order chi connectivity index (χ1) is 17.4. The number of aryl methyl sites for hydroxylation is 2. The molecule has 2 aliphatic rings. The van der Waals surface area contributed by atoms with Gasteiger partial charge in [0.2, 0.25) is 0 Å². The molecule has 0 bridgehead atoms. The second-order valence-corrected chi connectivity index (χ2v) is 12.0. The van der Waals surface area contributed by atoms with E-state index in [2.05, 4.69) is 20.9 Å². The number of amides is 1. The quantitative estimate of drug-likeness (QED) is 0.454. The third-order valence-corrected chi connectivity index (χ3v) is 9.56. The molecule has 0 saturated carbocycles. The fourth-order valence-corrected chi connectivity index (χ4v) is 7.09. The van der Waals surface area contributed by atoms with Crippen LogP contribution in [0.25, 0.3) is 11.4 Å². The van der Waals surface area contributed by atoms with Crippen molar-refractivity contribution >= 4 is 36.6 Å². The molecule has 2 aliphatic heterocycles. The molecule has 3 aromatic rings. The van der Waals surface area contributed by atoms with Crippen molar-refractivity contribution in [2.24, 2.45) is 7.05 Å². The second-order valence-electron chi connectivity index (χ2n) is 9.69. The van der Waals surface area contributed by atoms with Crippen LogP contribution >= 0.6 is 0 Å². The van der Waals surface area contributed by atoms with Gasteiger partial charge in [-0.05, 0) is 0 Å². The van der Waals surface area contributed by atoms with Crippen molar-refractivity contribution in [3.63, 3.8) is 0 Å². The third kappa shape index (κ3) is 5.25. The Bertz CT molecular complexity index is 1280. The van der Waals surface area contributed by atoms with Crippen molar-refractivity contribution in [1.82, 2.24) is 24.3 Å². The number of nitrogens with zero attached hydrogens (tertiary/aromatic N) is 5. The number of aromatic nitrogens is 3. The predicted molar refractivity (Wildman–Crippen MR) is 139 cm³/mol. The standard InChI is InChI=1S/C27H31AsN5O3/c1-18-14-19(25(34)33-13-5-6-21(33)17-32-11-3-4-12-32)7-8-22(18)28-27-29-10-9-23(30-27)24-15-20(26(35)36)16-31(24)2/h7-10,14-16,21H,3-6,11-13,17H2,1-2H3,(H,35,36). The molecule has 2 saturated heterocycles. The zero-order valence-electron chi connectivity index (χ0n) is 20.7. The van der Waals surface area contributed by atoms with Gasteiger partial charge in [0.15, 0.2) is 0 Å². The molecule has 9 heteroatoms. The summed E-state index contributed by atoms with van der Waals surface area (Å²) in [6, 6.07) is 9.76. The van der Waals surface area contributed by atoms with Crippen molar-refractivity contribution in [1.29, 1.82) is 0 Å². The number of carboxylic acids is 1. The van der Waals surface area contributed by atoms with E-state index in [1.165, 1.54) is 12.8 Å². The SMILES string of the molecule is Cc1cc(C(=O)N2CCCC2CN2CCCC2)ccc1[As]c1nccc(-c2cc(C(=O)O)cn2C)n1. The molecule has 2 aromatic heterocycles. The summed E-state index contributed by atoms with van der Waals surface area (Å²) in [6.07, 6.45) is 8.02. The Morgan fingerprint density at radius 1 is 1.08 bits per heavy atom. The average molecular weight is 548 g/mol. The van der Waals surface area contributed by atoms with Gasteiger partial charge in [-0.1, -0.05) is 0 Å². The van der Waals surface area contributed by atoms with Crippen LogP contribution in [-0.2, 0) is 7.05 Å². The van der Waals surface area contributed by atoms with Crippen LogP contribution in [0, 0.1) is 6.92 Å². The summed E-state index contributed by atoms with van der Waals surface area (Å²) in [7, 11) is 1.81. The number of hydrogen-bond acceptors (Lipinski definition) is 5. The van der Waals surface area contributed by atoms with Crippen molar-refractivity contribution in [3.8, 4) is 11.4 Å². The Hall–Kier alpha value is -2.96. The molecule has 2 fully saturated rings. The number of carbonyl (C=O) groups excluding carboxylic acids is 1. The van der Waals surface area contributed by atoms with Gasteiger partial charge in [-0.3, -0.25) is 0 Å². The summed E-state index contributed by atoms with van der Waals surface area (Å²) in [5.41, 5.74) is 3.51. The van der Waals surface area contributed by atoms with Crippen LogP contribution in [0.1, 0.15) is 52.0 Å². The number of rotatable bonds is 7. The van der Waals surface area contributed by atoms with Crippen LogP contribution in [0.4, 0.5) is 0 Å². The summed E-state index contributed by atoms with van der Waals surface area (Å²) < 4.78 is 3.68.